The predicted molar refractivity (Wildman–Crippen MR) is 75.2 cm³/mol. The van der Waals surface area contributed by atoms with Crippen molar-refractivity contribution in [2.75, 3.05) is 5.32 Å². The molecule has 0 aromatic carbocycles. The molecule has 2 rings (SSSR count). The van der Waals surface area contributed by atoms with Crippen LogP contribution in [0.3, 0.4) is 0 Å². The van der Waals surface area contributed by atoms with Gasteiger partial charge >= 0.3 is 0 Å². The molecule has 1 atom stereocenters. The van der Waals surface area contributed by atoms with Gasteiger partial charge in [-0.2, -0.15) is 0 Å². The van der Waals surface area contributed by atoms with Gasteiger partial charge in [-0.15, -0.1) is 0 Å². The summed E-state index contributed by atoms with van der Waals surface area (Å²) in [4.78, 5) is 4.76. The maximum atomic E-state index is 5.58. The molecule has 3 N–H and O–H groups in total. The summed E-state index contributed by atoms with van der Waals surface area (Å²) < 4.78 is 0. The Morgan fingerprint density at radius 3 is 2.82 bits per heavy atom. The largest absolute Gasteiger partial charge is 0.388 e. The van der Waals surface area contributed by atoms with Crippen LogP contribution in [0.25, 0.3) is 0 Å². The average Bonchev–Trinajstić information content (AvgIpc) is 2.82. The number of pyridine rings is 1. The monoisotopic (exact) mass is 249 g/mol. The molecule has 0 radical (unpaired) electrons. The standard InChI is InChI=1S/C13H19N3S/c1-9(10-5-2-3-6-10)15-12-8-4-7-11(16-12)13(14)17/h4,7-10H,2-3,5-6H2,1H3,(H2,14,17)(H,15,16). The number of nitrogens with zero attached hydrogens (tertiary/aromatic N) is 1. The second kappa shape index (κ2) is 5.45. The number of nitrogens with one attached hydrogen (secondary N) is 1. The zero-order valence-corrected chi connectivity index (χ0v) is 11.0. The van der Waals surface area contributed by atoms with Gasteiger partial charge in [0.15, 0.2) is 0 Å². The van der Waals surface area contributed by atoms with Gasteiger partial charge in [0, 0.05) is 6.04 Å². The summed E-state index contributed by atoms with van der Waals surface area (Å²) in [6, 6.07) is 6.21. The van der Waals surface area contributed by atoms with Crippen LogP contribution >= 0.6 is 12.2 Å². The molecule has 1 unspecified atom stereocenters. The second-order valence-electron chi connectivity index (χ2n) is 4.75. The molecule has 1 heterocycles. The summed E-state index contributed by atoms with van der Waals surface area (Å²) in [6.07, 6.45) is 5.36. The number of aromatic nitrogens is 1. The Hall–Kier alpha value is -1.16. The fraction of sp³-hybridized carbons (Fsp3) is 0.538. The van der Waals surface area contributed by atoms with Crippen LogP contribution in [0.5, 0.6) is 0 Å². The van der Waals surface area contributed by atoms with E-state index < -0.39 is 0 Å². The molecule has 4 heteroatoms. The number of nitrogens with two attached hydrogens (primary N) is 1. The summed E-state index contributed by atoms with van der Waals surface area (Å²) in [5.74, 6) is 1.64. The van der Waals surface area contributed by atoms with Crippen LogP contribution in [-0.4, -0.2) is 16.0 Å². The van der Waals surface area contributed by atoms with Crippen LogP contribution in [0.4, 0.5) is 5.82 Å². The highest BCUT2D eigenvalue weighted by Gasteiger charge is 2.21. The summed E-state index contributed by atoms with van der Waals surface area (Å²) in [7, 11) is 0. The Kier molecular flexibility index (Phi) is 3.94. The molecule has 3 nitrogen and oxygen atoms in total. The minimum atomic E-state index is 0.349. The van der Waals surface area contributed by atoms with Crippen molar-refractivity contribution in [3.8, 4) is 0 Å². The fourth-order valence-corrected chi connectivity index (χ4v) is 2.57. The molecule has 1 aliphatic carbocycles. The molecule has 1 saturated carbocycles. The van der Waals surface area contributed by atoms with E-state index in [2.05, 4.69) is 17.2 Å². The van der Waals surface area contributed by atoms with E-state index in [1.54, 1.807) is 0 Å². The lowest BCUT2D eigenvalue weighted by Gasteiger charge is -2.21. The van der Waals surface area contributed by atoms with Gasteiger partial charge in [0.2, 0.25) is 0 Å². The maximum absolute atomic E-state index is 5.58. The molecular weight excluding hydrogens is 230 g/mol. The Labute approximate surface area is 108 Å². The average molecular weight is 249 g/mol. The van der Waals surface area contributed by atoms with Gasteiger partial charge in [0.1, 0.15) is 10.8 Å². The van der Waals surface area contributed by atoms with Crippen LogP contribution in [0.2, 0.25) is 0 Å². The van der Waals surface area contributed by atoms with Crippen molar-refractivity contribution in [3.63, 3.8) is 0 Å². The molecule has 1 aromatic rings. The van der Waals surface area contributed by atoms with Crippen molar-refractivity contribution in [2.45, 2.75) is 38.6 Å². The van der Waals surface area contributed by atoms with E-state index >= 15 is 0 Å². The van der Waals surface area contributed by atoms with Gasteiger partial charge < -0.3 is 11.1 Å². The van der Waals surface area contributed by atoms with Gasteiger partial charge in [-0.05, 0) is 37.8 Å². The highest BCUT2D eigenvalue weighted by atomic mass is 32.1. The molecule has 0 aliphatic heterocycles. The second-order valence-corrected chi connectivity index (χ2v) is 5.19. The lowest BCUT2D eigenvalue weighted by molar-refractivity contribution is 0.481. The minimum absolute atomic E-state index is 0.349. The van der Waals surface area contributed by atoms with Gasteiger partial charge in [-0.25, -0.2) is 4.98 Å². The van der Waals surface area contributed by atoms with E-state index in [9.17, 15) is 0 Å². The molecular formula is C13H19N3S. The molecule has 1 aromatic heterocycles. The lowest BCUT2D eigenvalue weighted by atomic mass is 10.00. The Morgan fingerprint density at radius 1 is 1.47 bits per heavy atom. The van der Waals surface area contributed by atoms with Crippen LogP contribution in [0.1, 0.15) is 38.3 Å². The van der Waals surface area contributed by atoms with Crippen molar-refractivity contribution in [1.82, 2.24) is 4.98 Å². The molecule has 0 amide bonds. The van der Waals surface area contributed by atoms with E-state index in [0.29, 0.717) is 16.7 Å². The van der Waals surface area contributed by atoms with E-state index in [1.807, 2.05) is 18.2 Å². The van der Waals surface area contributed by atoms with E-state index in [4.69, 9.17) is 18.0 Å². The topological polar surface area (TPSA) is 50.9 Å². The third-order valence-corrected chi connectivity index (χ3v) is 3.69. The fourth-order valence-electron chi connectivity index (χ4n) is 2.46. The van der Waals surface area contributed by atoms with Gasteiger partial charge in [0.05, 0.1) is 5.69 Å². The maximum Gasteiger partial charge on any atom is 0.126 e. The zero-order chi connectivity index (χ0) is 12.3. The normalized spacial score (nSPS) is 17.9. The Balaban J connectivity index is 2.02. The first kappa shape index (κ1) is 12.3. The Bertz CT molecular complexity index is 399. The first-order valence-corrected chi connectivity index (χ1v) is 6.61. The zero-order valence-electron chi connectivity index (χ0n) is 10.1. The number of hydrogen-bond donors (Lipinski definition) is 2. The SMILES string of the molecule is CC(Nc1cccc(C(N)=S)n1)C1CCCC1. The number of hydrogen-bond acceptors (Lipinski definition) is 3. The van der Waals surface area contributed by atoms with Crippen molar-refractivity contribution in [3.05, 3.63) is 23.9 Å². The van der Waals surface area contributed by atoms with Gasteiger partial charge in [-0.3, -0.25) is 0 Å². The third kappa shape index (κ3) is 3.16. The summed E-state index contributed by atoms with van der Waals surface area (Å²) >= 11 is 4.93. The van der Waals surface area contributed by atoms with E-state index in [1.165, 1.54) is 25.7 Å². The van der Waals surface area contributed by atoms with Crippen LogP contribution in [-0.2, 0) is 0 Å². The first-order valence-electron chi connectivity index (χ1n) is 6.20. The van der Waals surface area contributed by atoms with Gasteiger partial charge in [0.25, 0.3) is 0 Å². The molecule has 0 bridgehead atoms. The number of rotatable bonds is 4. The molecule has 0 spiro atoms. The number of anilines is 1. The van der Waals surface area contributed by atoms with Crippen molar-refractivity contribution < 1.29 is 0 Å². The lowest BCUT2D eigenvalue weighted by Crippen LogP contribution is -2.24. The summed E-state index contributed by atoms with van der Waals surface area (Å²) in [5, 5.41) is 3.45. The first-order chi connectivity index (χ1) is 8.16. The van der Waals surface area contributed by atoms with E-state index in [0.717, 1.165) is 11.7 Å². The van der Waals surface area contributed by atoms with Crippen LogP contribution in [0.15, 0.2) is 18.2 Å². The highest BCUT2D eigenvalue weighted by Crippen LogP contribution is 2.28. The molecule has 92 valence electrons. The third-order valence-electron chi connectivity index (χ3n) is 3.48. The minimum Gasteiger partial charge on any atom is -0.388 e. The van der Waals surface area contributed by atoms with Crippen molar-refractivity contribution in [2.24, 2.45) is 11.7 Å². The van der Waals surface area contributed by atoms with Crippen molar-refractivity contribution >= 4 is 23.0 Å². The van der Waals surface area contributed by atoms with Crippen molar-refractivity contribution in [1.29, 1.82) is 0 Å². The molecule has 1 fully saturated rings. The van der Waals surface area contributed by atoms with Crippen LogP contribution < -0.4 is 11.1 Å². The quantitative estimate of drug-likeness (QED) is 0.806. The number of thiocarbonyl (C=S) groups is 1. The summed E-state index contributed by atoms with van der Waals surface area (Å²) in [5.41, 5.74) is 6.26. The smallest absolute Gasteiger partial charge is 0.126 e. The van der Waals surface area contributed by atoms with Crippen LogP contribution in [0, 0.1) is 5.92 Å². The molecule has 17 heavy (non-hydrogen) atoms. The molecule has 1 aliphatic rings. The highest BCUT2D eigenvalue weighted by molar-refractivity contribution is 7.80. The van der Waals surface area contributed by atoms with E-state index in [-0.39, 0.29) is 0 Å². The summed E-state index contributed by atoms with van der Waals surface area (Å²) in [6.45, 7) is 2.23. The van der Waals surface area contributed by atoms with Gasteiger partial charge in [-0.1, -0.05) is 31.1 Å². The molecule has 0 saturated heterocycles. The Morgan fingerprint density at radius 2 is 2.18 bits per heavy atom. The predicted octanol–water partition coefficient (Wildman–Crippen LogP) is 2.71.